The van der Waals surface area contributed by atoms with Crippen LogP contribution >= 0.6 is 0 Å². The van der Waals surface area contributed by atoms with Gasteiger partial charge >= 0.3 is 5.69 Å². The smallest absolute Gasteiger partial charge is 0.332 e. The highest BCUT2D eigenvalue weighted by molar-refractivity contribution is 5.97. The van der Waals surface area contributed by atoms with Crippen molar-refractivity contribution in [3.8, 4) is 0 Å². The van der Waals surface area contributed by atoms with E-state index in [1.165, 1.54) is 4.57 Å². The van der Waals surface area contributed by atoms with Crippen molar-refractivity contribution in [3.05, 3.63) is 56.7 Å². The molecule has 1 aromatic heterocycles. The summed E-state index contributed by atoms with van der Waals surface area (Å²) < 4.78 is 2.48. The second-order valence-corrected chi connectivity index (χ2v) is 6.27. The summed E-state index contributed by atoms with van der Waals surface area (Å²) in [7, 11) is 0. The maximum absolute atomic E-state index is 12.7. The topological polar surface area (TPSA) is 99.1 Å². The molecular weight excluding hydrogens is 332 g/mol. The number of nitrogens with one attached hydrogen (secondary N) is 1. The van der Waals surface area contributed by atoms with Gasteiger partial charge in [-0.2, -0.15) is 0 Å². The molecule has 0 saturated heterocycles. The van der Waals surface area contributed by atoms with Crippen molar-refractivity contribution in [1.82, 2.24) is 9.13 Å². The van der Waals surface area contributed by atoms with Crippen molar-refractivity contribution < 1.29 is 4.79 Å². The molecule has 1 amide bonds. The van der Waals surface area contributed by atoms with Gasteiger partial charge in [0.2, 0.25) is 5.91 Å². The predicted octanol–water partition coefficient (Wildman–Crippen LogP) is 2.15. The van der Waals surface area contributed by atoms with Crippen molar-refractivity contribution in [2.75, 3.05) is 11.1 Å². The number of carbonyl (C=O) groups is 1. The van der Waals surface area contributed by atoms with Crippen molar-refractivity contribution in [1.29, 1.82) is 0 Å². The van der Waals surface area contributed by atoms with Crippen LogP contribution in [0.3, 0.4) is 0 Å². The summed E-state index contributed by atoms with van der Waals surface area (Å²) in [5.41, 5.74) is 5.86. The molecule has 1 unspecified atom stereocenters. The molecule has 140 valence electrons. The lowest BCUT2D eigenvalue weighted by atomic mass is 10.0. The highest BCUT2D eigenvalue weighted by atomic mass is 16.2. The molecule has 2 aromatic rings. The van der Waals surface area contributed by atoms with Gasteiger partial charge < -0.3 is 11.1 Å². The zero-order valence-corrected chi connectivity index (χ0v) is 15.5. The molecule has 26 heavy (non-hydrogen) atoms. The van der Waals surface area contributed by atoms with Crippen LogP contribution in [0.1, 0.15) is 45.1 Å². The van der Waals surface area contributed by atoms with Gasteiger partial charge in [0.15, 0.2) is 0 Å². The average Bonchev–Trinajstić information content (AvgIpc) is 2.65. The van der Waals surface area contributed by atoms with E-state index in [-0.39, 0.29) is 24.0 Å². The van der Waals surface area contributed by atoms with Crippen LogP contribution in [0, 0.1) is 0 Å². The summed E-state index contributed by atoms with van der Waals surface area (Å²) in [5, 5.41) is 2.64. The summed E-state index contributed by atoms with van der Waals surface area (Å²) in [6, 6.07) is 9.27. The van der Waals surface area contributed by atoms with Gasteiger partial charge in [-0.3, -0.25) is 18.7 Å². The number of hydrogen-bond acceptors (Lipinski definition) is 4. The van der Waals surface area contributed by atoms with E-state index in [9.17, 15) is 14.4 Å². The average molecular weight is 358 g/mol. The van der Waals surface area contributed by atoms with Crippen LogP contribution in [0.15, 0.2) is 39.9 Å². The van der Waals surface area contributed by atoms with Crippen molar-refractivity contribution in [2.45, 2.75) is 52.6 Å². The number of aromatic nitrogens is 2. The molecule has 3 N–H and O–H groups in total. The Morgan fingerprint density at radius 1 is 1.08 bits per heavy atom. The first-order valence-corrected chi connectivity index (χ1v) is 8.91. The van der Waals surface area contributed by atoms with Gasteiger partial charge in [0.05, 0.1) is 5.92 Å². The third-order valence-corrected chi connectivity index (χ3v) is 4.30. The van der Waals surface area contributed by atoms with Crippen molar-refractivity contribution in [2.24, 2.45) is 0 Å². The number of rotatable bonds is 7. The van der Waals surface area contributed by atoms with E-state index >= 15 is 0 Å². The Labute approximate surface area is 152 Å². The van der Waals surface area contributed by atoms with Crippen LogP contribution in [0.5, 0.6) is 0 Å². The second kappa shape index (κ2) is 8.51. The standard InChI is InChI=1S/C19H26N4O3/c1-4-11-22-16(20)15(18(25)23(12-5-2)19(22)26)21-17(24)13(3)14-9-7-6-8-10-14/h6-10,13H,4-5,11-12,20H2,1-3H3,(H,21,24). The molecule has 0 saturated carbocycles. The third-order valence-electron chi connectivity index (χ3n) is 4.30. The molecule has 1 atom stereocenters. The Kier molecular flexibility index (Phi) is 6.38. The van der Waals surface area contributed by atoms with Crippen molar-refractivity contribution >= 4 is 17.4 Å². The van der Waals surface area contributed by atoms with E-state index < -0.39 is 17.2 Å². The SMILES string of the molecule is CCCn1c(N)c(NC(=O)C(C)c2ccccc2)c(=O)n(CCC)c1=O. The minimum absolute atomic E-state index is 0.00261. The molecule has 1 heterocycles. The Balaban J connectivity index is 2.46. The van der Waals surface area contributed by atoms with E-state index in [2.05, 4.69) is 5.32 Å². The van der Waals surface area contributed by atoms with E-state index in [0.29, 0.717) is 19.4 Å². The maximum Gasteiger partial charge on any atom is 0.332 e. The lowest BCUT2D eigenvalue weighted by molar-refractivity contribution is -0.117. The normalized spacial score (nSPS) is 12.0. The van der Waals surface area contributed by atoms with E-state index in [4.69, 9.17) is 5.73 Å². The van der Waals surface area contributed by atoms with E-state index in [1.807, 2.05) is 44.2 Å². The summed E-state index contributed by atoms with van der Waals surface area (Å²) in [4.78, 5) is 37.9. The van der Waals surface area contributed by atoms with E-state index in [1.54, 1.807) is 6.92 Å². The van der Waals surface area contributed by atoms with Gasteiger partial charge in [-0.15, -0.1) is 0 Å². The highest BCUT2D eigenvalue weighted by Gasteiger charge is 2.21. The van der Waals surface area contributed by atoms with Crippen LogP contribution in [0.2, 0.25) is 0 Å². The van der Waals surface area contributed by atoms with Gasteiger partial charge in [-0.1, -0.05) is 44.2 Å². The van der Waals surface area contributed by atoms with Gasteiger partial charge in [0.25, 0.3) is 5.56 Å². The number of hydrogen-bond donors (Lipinski definition) is 2. The summed E-state index contributed by atoms with van der Waals surface area (Å²) in [6.45, 7) is 6.21. The molecule has 0 aliphatic heterocycles. The lowest BCUT2D eigenvalue weighted by Gasteiger charge is -2.18. The summed E-state index contributed by atoms with van der Waals surface area (Å²) in [6.07, 6.45) is 1.31. The van der Waals surface area contributed by atoms with Crippen molar-refractivity contribution in [3.63, 3.8) is 0 Å². The minimum Gasteiger partial charge on any atom is -0.383 e. The highest BCUT2D eigenvalue weighted by Crippen LogP contribution is 2.18. The number of benzene rings is 1. The number of nitrogens with zero attached hydrogens (tertiary/aromatic N) is 2. The number of nitrogen functional groups attached to an aromatic ring is 1. The molecule has 7 nitrogen and oxygen atoms in total. The quantitative estimate of drug-likeness (QED) is 0.792. The molecule has 0 radical (unpaired) electrons. The molecule has 0 aliphatic carbocycles. The first-order chi connectivity index (χ1) is 12.4. The van der Waals surface area contributed by atoms with Crippen LogP contribution in [-0.4, -0.2) is 15.0 Å². The Morgan fingerprint density at radius 3 is 2.23 bits per heavy atom. The molecule has 1 aromatic carbocycles. The zero-order valence-electron chi connectivity index (χ0n) is 15.5. The fourth-order valence-corrected chi connectivity index (χ4v) is 2.82. The predicted molar refractivity (Wildman–Crippen MR) is 103 cm³/mol. The summed E-state index contributed by atoms with van der Waals surface area (Å²) in [5.74, 6) is -0.797. The Bertz CT molecular complexity index is 884. The van der Waals surface area contributed by atoms with Gasteiger partial charge in [-0.05, 0) is 25.3 Å². The zero-order chi connectivity index (χ0) is 19.3. The third kappa shape index (κ3) is 3.87. The monoisotopic (exact) mass is 358 g/mol. The molecule has 0 bridgehead atoms. The van der Waals surface area contributed by atoms with E-state index in [0.717, 1.165) is 10.1 Å². The molecule has 0 fully saturated rings. The van der Waals surface area contributed by atoms with Gasteiger partial charge in [0.1, 0.15) is 11.5 Å². The molecule has 0 aliphatic rings. The largest absolute Gasteiger partial charge is 0.383 e. The number of nitrogens with two attached hydrogens (primary N) is 1. The molecular formula is C19H26N4O3. The first kappa shape index (κ1) is 19.5. The molecule has 2 rings (SSSR count). The fraction of sp³-hybridized carbons (Fsp3) is 0.421. The minimum atomic E-state index is -0.560. The second-order valence-electron chi connectivity index (χ2n) is 6.27. The molecule has 0 spiro atoms. The fourth-order valence-electron chi connectivity index (χ4n) is 2.82. The maximum atomic E-state index is 12.7. The summed E-state index contributed by atoms with van der Waals surface area (Å²) >= 11 is 0. The number of carbonyl (C=O) groups excluding carboxylic acids is 1. The number of anilines is 2. The molecule has 7 heteroatoms. The van der Waals surface area contributed by atoms with Gasteiger partial charge in [0, 0.05) is 13.1 Å². The lowest BCUT2D eigenvalue weighted by Crippen LogP contribution is -2.43. The van der Waals surface area contributed by atoms with Crippen LogP contribution in [0.4, 0.5) is 11.5 Å². The Morgan fingerprint density at radius 2 is 1.65 bits per heavy atom. The number of amides is 1. The van der Waals surface area contributed by atoms with Crippen LogP contribution < -0.4 is 22.3 Å². The first-order valence-electron chi connectivity index (χ1n) is 8.91. The van der Waals surface area contributed by atoms with Gasteiger partial charge in [-0.25, -0.2) is 4.79 Å². The van der Waals surface area contributed by atoms with Crippen LogP contribution in [-0.2, 0) is 17.9 Å². The van der Waals surface area contributed by atoms with Crippen LogP contribution in [0.25, 0.3) is 0 Å². The Hall–Kier alpha value is -2.83.